The molecule has 0 N–H and O–H groups in total. The van der Waals surface area contributed by atoms with E-state index in [2.05, 4.69) is 0 Å². The average molecular weight is 411 g/mol. The van der Waals surface area contributed by atoms with Crippen molar-refractivity contribution in [3.63, 3.8) is 0 Å². The van der Waals surface area contributed by atoms with E-state index in [1.54, 1.807) is 30.2 Å². The molecular weight excluding hydrogens is 380 g/mol. The first-order valence-corrected chi connectivity index (χ1v) is 10.2. The summed E-state index contributed by atoms with van der Waals surface area (Å²) in [7, 11) is 3.07. The largest absolute Gasteiger partial charge is 0.493 e. The van der Waals surface area contributed by atoms with Gasteiger partial charge in [-0.3, -0.25) is 9.59 Å². The minimum Gasteiger partial charge on any atom is -0.493 e. The third-order valence-electron chi connectivity index (χ3n) is 5.80. The van der Waals surface area contributed by atoms with Crippen molar-refractivity contribution in [3.8, 4) is 11.5 Å². The maximum atomic E-state index is 13.2. The van der Waals surface area contributed by atoms with E-state index in [0.29, 0.717) is 43.2 Å². The number of aryl methyl sites for hydroxylation is 1. The fourth-order valence-corrected chi connectivity index (χ4v) is 3.83. The highest BCUT2D eigenvalue weighted by Crippen LogP contribution is 2.32. The van der Waals surface area contributed by atoms with Crippen LogP contribution in [-0.4, -0.2) is 62.0 Å². The molecule has 0 spiro atoms. The number of hydrogen-bond donors (Lipinski definition) is 0. The molecule has 0 bridgehead atoms. The van der Waals surface area contributed by atoms with E-state index in [0.717, 1.165) is 5.56 Å². The summed E-state index contributed by atoms with van der Waals surface area (Å²) in [6.07, 6.45) is 0. The third-order valence-corrected chi connectivity index (χ3v) is 5.80. The van der Waals surface area contributed by atoms with Crippen molar-refractivity contribution in [1.29, 1.82) is 0 Å². The van der Waals surface area contributed by atoms with Crippen LogP contribution in [0.1, 0.15) is 35.3 Å². The molecule has 0 unspecified atom stereocenters. The summed E-state index contributed by atoms with van der Waals surface area (Å²) in [6, 6.07) is 13.4. The second kappa shape index (κ2) is 8.78. The van der Waals surface area contributed by atoms with E-state index in [4.69, 9.17) is 9.47 Å². The van der Waals surface area contributed by atoms with Gasteiger partial charge in [-0.15, -0.1) is 0 Å². The number of nitrogens with zero attached hydrogens (tertiary/aromatic N) is 2. The van der Waals surface area contributed by atoms with Gasteiger partial charge in [-0.05, 0) is 38.5 Å². The van der Waals surface area contributed by atoms with Crippen molar-refractivity contribution in [3.05, 3.63) is 59.2 Å². The van der Waals surface area contributed by atoms with Crippen LogP contribution in [0.5, 0.6) is 11.5 Å². The molecule has 160 valence electrons. The van der Waals surface area contributed by atoms with Gasteiger partial charge in [0.25, 0.3) is 5.91 Å². The van der Waals surface area contributed by atoms with Crippen LogP contribution in [0.3, 0.4) is 0 Å². The highest BCUT2D eigenvalue weighted by Gasteiger charge is 2.36. The Morgan fingerprint density at radius 2 is 1.47 bits per heavy atom. The zero-order chi connectivity index (χ0) is 21.9. The van der Waals surface area contributed by atoms with Gasteiger partial charge >= 0.3 is 0 Å². The van der Waals surface area contributed by atoms with Gasteiger partial charge in [-0.1, -0.05) is 35.9 Å². The summed E-state index contributed by atoms with van der Waals surface area (Å²) in [5.74, 6) is 0.925. The van der Waals surface area contributed by atoms with Crippen LogP contribution < -0.4 is 9.47 Å². The number of amides is 2. The molecule has 2 aromatic carbocycles. The number of rotatable bonds is 5. The van der Waals surface area contributed by atoms with Crippen LogP contribution in [0.4, 0.5) is 0 Å². The SMILES string of the molecule is COc1cccc(C(=O)N2CCN(C(=O)C(C)(C)c3ccc(C)cc3)CC2)c1OC. The minimum absolute atomic E-state index is 0.0809. The number of hydrogen-bond acceptors (Lipinski definition) is 4. The van der Waals surface area contributed by atoms with Gasteiger partial charge in [0.1, 0.15) is 0 Å². The molecule has 1 heterocycles. The molecule has 2 aromatic rings. The standard InChI is InChI=1S/C24H30N2O4/c1-17-9-11-18(12-10-17)24(2,3)23(28)26-15-13-25(14-16-26)22(27)19-7-6-8-20(29-4)21(19)30-5/h6-12H,13-16H2,1-5H3. The lowest BCUT2D eigenvalue weighted by Gasteiger charge is -2.39. The van der Waals surface area contributed by atoms with E-state index in [-0.39, 0.29) is 11.8 Å². The molecule has 2 amide bonds. The van der Waals surface area contributed by atoms with Crippen LogP contribution in [0, 0.1) is 6.92 Å². The molecular formula is C24H30N2O4. The van der Waals surface area contributed by atoms with Crippen LogP contribution in [0.25, 0.3) is 0 Å². The first-order chi connectivity index (χ1) is 14.3. The van der Waals surface area contributed by atoms with E-state index < -0.39 is 5.41 Å². The van der Waals surface area contributed by atoms with E-state index >= 15 is 0 Å². The Bertz CT molecular complexity index is 913. The monoisotopic (exact) mass is 410 g/mol. The molecule has 0 radical (unpaired) electrons. The zero-order valence-electron chi connectivity index (χ0n) is 18.4. The number of ether oxygens (including phenoxy) is 2. The summed E-state index contributed by atoms with van der Waals surface area (Å²) in [5.41, 5.74) is 2.02. The second-order valence-corrected chi connectivity index (χ2v) is 8.12. The van der Waals surface area contributed by atoms with E-state index in [9.17, 15) is 9.59 Å². The molecule has 3 rings (SSSR count). The first kappa shape index (κ1) is 21.7. The molecule has 0 aliphatic carbocycles. The predicted octanol–water partition coefficient (Wildman–Crippen LogP) is 3.27. The van der Waals surface area contributed by atoms with Gasteiger partial charge in [-0.2, -0.15) is 0 Å². The molecule has 30 heavy (non-hydrogen) atoms. The first-order valence-electron chi connectivity index (χ1n) is 10.2. The third kappa shape index (κ3) is 4.13. The van der Waals surface area contributed by atoms with Crippen molar-refractivity contribution in [1.82, 2.24) is 9.80 Å². The average Bonchev–Trinajstić information content (AvgIpc) is 2.77. The van der Waals surface area contributed by atoms with Gasteiger partial charge in [0, 0.05) is 26.2 Å². The van der Waals surface area contributed by atoms with Gasteiger partial charge in [-0.25, -0.2) is 0 Å². The van der Waals surface area contributed by atoms with Crippen LogP contribution in [-0.2, 0) is 10.2 Å². The lowest BCUT2D eigenvalue weighted by molar-refractivity contribution is -0.137. The van der Waals surface area contributed by atoms with Gasteiger partial charge in [0.15, 0.2) is 11.5 Å². The Kier molecular flexibility index (Phi) is 6.34. The molecule has 1 fully saturated rings. The van der Waals surface area contributed by atoms with Gasteiger partial charge in [0.2, 0.25) is 5.91 Å². The number of methoxy groups -OCH3 is 2. The van der Waals surface area contributed by atoms with Crippen molar-refractivity contribution in [2.75, 3.05) is 40.4 Å². The molecule has 1 aliphatic rings. The van der Waals surface area contributed by atoms with Crippen LogP contribution in [0.15, 0.2) is 42.5 Å². The Hall–Kier alpha value is -3.02. The van der Waals surface area contributed by atoms with Gasteiger partial charge in [0.05, 0.1) is 25.2 Å². The number of para-hydroxylation sites is 1. The Morgan fingerprint density at radius 3 is 2.03 bits per heavy atom. The normalized spacial score (nSPS) is 14.4. The topological polar surface area (TPSA) is 59.1 Å². The van der Waals surface area contributed by atoms with Crippen molar-refractivity contribution >= 4 is 11.8 Å². The van der Waals surface area contributed by atoms with Crippen molar-refractivity contribution in [2.45, 2.75) is 26.2 Å². The highest BCUT2D eigenvalue weighted by molar-refractivity contribution is 5.98. The summed E-state index contributed by atoms with van der Waals surface area (Å²) < 4.78 is 10.7. The highest BCUT2D eigenvalue weighted by atomic mass is 16.5. The molecule has 0 atom stereocenters. The smallest absolute Gasteiger partial charge is 0.257 e. The second-order valence-electron chi connectivity index (χ2n) is 8.12. The minimum atomic E-state index is -0.615. The van der Waals surface area contributed by atoms with Gasteiger partial charge < -0.3 is 19.3 Å². The number of piperazine rings is 1. The van der Waals surface area contributed by atoms with E-state index in [1.807, 2.05) is 49.9 Å². The molecule has 6 nitrogen and oxygen atoms in total. The molecule has 1 aliphatic heterocycles. The summed E-state index contributed by atoms with van der Waals surface area (Å²) >= 11 is 0. The predicted molar refractivity (Wildman–Crippen MR) is 116 cm³/mol. The summed E-state index contributed by atoms with van der Waals surface area (Å²) in [5, 5.41) is 0. The zero-order valence-corrected chi connectivity index (χ0v) is 18.4. The Morgan fingerprint density at radius 1 is 0.867 bits per heavy atom. The Labute approximate surface area is 178 Å². The van der Waals surface area contributed by atoms with Crippen molar-refractivity contribution < 1.29 is 19.1 Å². The number of benzene rings is 2. The van der Waals surface area contributed by atoms with Crippen LogP contribution in [0.2, 0.25) is 0 Å². The quantitative estimate of drug-likeness (QED) is 0.759. The maximum absolute atomic E-state index is 13.2. The lowest BCUT2D eigenvalue weighted by atomic mass is 9.82. The molecule has 0 saturated carbocycles. The summed E-state index contributed by atoms with van der Waals surface area (Å²) in [4.78, 5) is 29.9. The van der Waals surface area contributed by atoms with E-state index in [1.165, 1.54) is 12.7 Å². The van der Waals surface area contributed by atoms with Crippen LogP contribution >= 0.6 is 0 Å². The maximum Gasteiger partial charge on any atom is 0.257 e. The molecule has 6 heteroatoms. The Balaban J connectivity index is 1.69. The summed E-state index contributed by atoms with van der Waals surface area (Å²) in [6.45, 7) is 7.92. The lowest BCUT2D eigenvalue weighted by Crippen LogP contribution is -2.54. The fraction of sp³-hybridized carbons (Fsp3) is 0.417. The molecule has 1 saturated heterocycles. The molecule has 0 aromatic heterocycles. The fourth-order valence-electron chi connectivity index (χ4n) is 3.83. The van der Waals surface area contributed by atoms with Crippen molar-refractivity contribution in [2.24, 2.45) is 0 Å². The number of carbonyl (C=O) groups is 2. The number of carbonyl (C=O) groups excluding carboxylic acids is 2.